The minimum absolute atomic E-state index is 0.0152. The van der Waals surface area contributed by atoms with Gasteiger partial charge in [0.1, 0.15) is 5.58 Å². The Hall–Kier alpha value is -2.36. The standard InChI is InChI=1S/C13H10N2O2/c16-13-9(5-10-6-14-8-15-10)7-17-12-4-2-1-3-11(12)13/h1-4,6-8H,5H2,(H,14,15). The fourth-order valence-electron chi connectivity index (χ4n) is 1.83. The molecule has 84 valence electrons. The molecule has 0 saturated heterocycles. The molecule has 2 heterocycles. The molecule has 0 spiro atoms. The Morgan fingerprint density at radius 3 is 3.00 bits per heavy atom. The predicted molar refractivity (Wildman–Crippen MR) is 63.9 cm³/mol. The van der Waals surface area contributed by atoms with Gasteiger partial charge in [0.05, 0.1) is 18.0 Å². The molecule has 0 aliphatic rings. The van der Waals surface area contributed by atoms with Crippen molar-refractivity contribution < 1.29 is 4.42 Å². The zero-order valence-electron chi connectivity index (χ0n) is 9.01. The molecule has 0 radical (unpaired) electrons. The molecule has 1 N–H and O–H groups in total. The number of para-hydroxylation sites is 1. The van der Waals surface area contributed by atoms with E-state index in [2.05, 4.69) is 9.97 Å². The van der Waals surface area contributed by atoms with Gasteiger partial charge < -0.3 is 9.40 Å². The minimum atomic E-state index is 0.0152. The second kappa shape index (κ2) is 3.90. The highest BCUT2D eigenvalue weighted by atomic mass is 16.3. The fraction of sp³-hybridized carbons (Fsp3) is 0.0769. The molecule has 0 bridgehead atoms. The van der Waals surface area contributed by atoms with Gasteiger partial charge in [-0.25, -0.2) is 4.98 Å². The van der Waals surface area contributed by atoms with Gasteiger partial charge in [0.15, 0.2) is 5.43 Å². The highest BCUT2D eigenvalue weighted by Crippen LogP contribution is 2.12. The summed E-state index contributed by atoms with van der Waals surface area (Å²) in [6.07, 6.45) is 5.32. The van der Waals surface area contributed by atoms with Gasteiger partial charge in [-0.3, -0.25) is 4.79 Å². The third kappa shape index (κ3) is 1.73. The van der Waals surface area contributed by atoms with Crippen LogP contribution >= 0.6 is 0 Å². The lowest BCUT2D eigenvalue weighted by atomic mass is 10.1. The summed E-state index contributed by atoms with van der Waals surface area (Å²) in [7, 11) is 0. The van der Waals surface area contributed by atoms with Crippen molar-refractivity contribution in [2.24, 2.45) is 0 Å². The molecule has 0 unspecified atom stereocenters. The van der Waals surface area contributed by atoms with E-state index < -0.39 is 0 Å². The van der Waals surface area contributed by atoms with Crippen LogP contribution in [0, 0.1) is 0 Å². The van der Waals surface area contributed by atoms with E-state index in [-0.39, 0.29) is 5.43 Å². The van der Waals surface area contributed by atoms with Crippen LogP contribution in [0.25, 0.3) is 11.0 Å². The Morgan fingerprint density at radius 2 is 2.18 bits per heavy atom. The molecular weight excluding hydrogens is 216 g/mol. The first-order valence-electron chi connectivity index (χ1n) is 5.31. The van der Waals surface area contributed by atoms with Gasteiger partial charge in [-0.2, -0.15) is 0 Å². The first kappa shape index (κ1) is 9.84. The van der Waals surface area contributed by atoms with E-state index in [9.17, 15) is 4.79 Å². The van der Waals surface area contributed by atoms with Crippen LogP contribution in [-0.2, 0) is 6.42 Å². The average molecular weight is 226 g/mol. The summed E-state index contributed by atoms with van der Waals surface area (Å²) in [4.78, 5) is 19.1. The number of nitrogens with zero attached hydrogens (tertiary/aromatic N) is 1. The number of benzene rings is 1. The molecule has 4 nitrogen and oxygen atoms in total. The van der Waals surface area contributed by atoms with Gasteiger partial charge in [0.25, 0.3) is 0 Å². The van der Waals surface area contributed by atoms with Crippen molar-refractivity contribution >= 4 is 11.0 Å². The summed E-state index contributed by atoms with van der Waals surface area (Å²) in [5.41, 5.74) is 2.16. The quantitative estimate of drug-likeness (QED) is 0.728. The maximum atomic E-state index is 12.2. The largest absolute Gasteiger partial charge is 0.464 e. The third-order valence-corrected chi connectivity index (χ3v) is 2.69. The smallest absolute Gasteiger partial charge is 0.196 e. The molecule has 0 fully saturated rings. The highest BCUT2D eigenvalue weighted by molar-refractivity contribution is 5.76. The lowest BCUT2D eigenvalue weighted by Gasteiger charge is -2.00. The van der Waals surface area contributed by atoms with Crippen LogP contribution in [0.5, 0.6) is 0 Å². The van der Waals surface area contributed by atoms with Crippen LogP contribution in [0.4, 0.5) is 0 Å². The Labute approximate surface area is 96.9 Å². The number of H-pyrrole nitrogens is 1. The molecule has 0 saturated carbocycles. The number of hydrogen-bond acceptors (Lipinski definition) is 3. The molecule has 0 aliphatic carbocycles. The number of aromatic amines is 1. The van der Waals surface area contributed by atoms with E-state index in [1.807, 2.05) is 12.1 Å². The molecule has 1 aromatic carbocycles. The SMILES string of the molecule is O=c1c(Cc2cnc[nH]2)coc2ccccc12. The second-order valence-electron chi connectivity index (χ2n) is 3.84. The van der Waals surface area contributed by atoms with Crippen LogP contribution in [-0.4, -0.2) is 9.97 Å². The van der Waals surface area contributed by atoms with Crippen LogP contribution in [0.2, 0.25) is 0 Å². The molecule has 0 atom stereocenters. The van der Waals surface area contributed by atoms with Crippen molar-refractivity contribution in [3.63, 3.8) is 0 Å². The van der Waals surface area contributed by atoms with E-state index in [4.69, 9.17) is 4.42 Å². The number of hydrogen-bond donors (Lipinski definition) is 1. The zero-order chi connectivity index (χ0) is 11.7. The van der Waals surface area contributed by atoms with Gasteiger partial charge in [0, 0.05) is 23.9 Å². The maximum Gasteiger partial charge on any atom is 0.196 e. The molecule has 3 aromatic rings. The van der Waals surface area contributed by atoms with E-state index >= 15 is 0 Å². The van der Waals surface area contributed by atoms with Crippen LogP contribution in [0.3, 0.4) is 0 Å². The first-order chi connectivity index (χ1) is 8.34. The number of fused-ring (bicyclic) bond motifs is 1. The van der Waals surface area contributed by atoms with Gasteiger partial charge in [0.2, 0.25) is 0 Å². The lowest BCUT2D eigenvalue weighted by molar-refractivity contribution is 0.594. The van der Waals surface area contributed by atoms with E-state index in [1.54, 1.807) is 24.7 Å². The summed E-state index contributed by atoms with van der Waals surface area (Å²) >= 11 is 0. The monoisotopic (exact) mass is 226 g/mol. The predicted octanol–water partition coefficient (Wildman–Crippen LogP) is 2.11. The Kier molecular flexibility index (Phi) is 2.26. The topological polar surface area (TPSA) is 58.9 Å². The first-order valence-corrected chi connectivity index (χ1v) is 5.31. The van der Waals surface area contributed by atoms with Crippen LogP contribution in [0.15, 0.2) is 52.3 Å². The molecule has 2 aromatic heterocycles. The molecule has 0 aliphatic heterocycles. The lowest BCUT2D eigenvalue weighted by Crippen LogP contribution is -2.09. The van der Waals surface area contributed by atoms with Crippen LogP contribution in [0.1, 0.15) is 11.3 Å². The fourth-order valence-corrected chi connectivity index (χ4v) is 1.83. The maximum absolute atomic E-state index is 12.2. The molecule has 0 amide bonds. The Balaban J connectivity index is 2.12. The number of nitrogens with one attached hydrogen (secondary N) is 1. The van der Waals surface area contributed by atoms with E-state index in [0.717, 1.165) is 5.69 Å². The Morgan fingerprint density at radius 1 is 1.29 bits per heavy atom. The summed E-state index contributed by atoms with van der Waals surface area (Å²) in [5, 5.41) is 0.615. The van der Waals surface area contributed by atoms with Gasteiger partial charge >= 0.3 is 0 Å². The van der Waals surface area contributed by atoms with Crippen molar-refractivity contribution in [2.45, 2.75) is 6.42 Å². The van der Waals surface area contributed by atoms with Gasteiger partial charge in [-0.1, -0.05) is 12.1 Å². The van der Waals surface area contributed by atoms with Crippen molar-refractivity contribution in [2.75, 3.05) is 0 Å². The summed E-state index contributed by atoms with van der Waals surface area (Å²) in [6.45, 7) is 0. The van der Waals surface area contributed by atoms with Gasteiger partial charge in [-0.05, 0) is 12.1 Å². The molecule has 3 rings (SSSR count). The minimum Gasteiger partial charge on any atom is -0.464 e. The molecule has 17 heavy (non-hydrogen) atoms. The van der Waals surface area contributed by atoms with E-state index in [0.29, 0.717) is 23.0 Å². The number of rotatable bonds is 2. The third-order valence-electron chi connectivity index (χ3n) is 2.69. The normalized spacial score (nSPS) is 10.8. The summed E-state index contributed by atoms with van der Waals surface area (Å²) in [5.74, 6) is 0. The van der Waals surface area contributed by atoms with E-state index in [1.165, 1.54) is 6.26 Å². The zero-order valence-corrected chi connectivity index (χ0v) is 9.01. The Bertz CT molecular complexity index is 699. The number of aromatic nitrogens is 2. The second-order valence-corrected chi connectivity index (χ2v) is 3.84. The van der Waals surface area contributed by atoms with Crippen molar-refractivity contribution in [3.05, 3.63) is 64.5 Å². The molecule has 4 heteroatoms. The average Bonchev–Trinajstić information content (AvgIpc) is 2.86. The highest BCUT2D eigenvalue weighted by Gasteiger charge is 2.07. The van der Waals surface area contributed by atoms with Gasteiger partial charge in [-0.15, -0.1) is 0 Å². The summed E-state index contributed by atoms with van der Waals surface area (Å²) < 4.78 is 5.44. The summed E-state index contributed by atoms with van der Waals surface area (Å²) in [6, 6.07) is 7.24. The van der Waals surface area contributed by atoms with Crippen LogP contribution < -0.4 is 5.43 Å². The van der Waals surface area contributed by atoms with Crippen molar-refractivity contribution in [1.82, 2.24) is 9.97 Å². The van der Waals surface area contributed by atoms with Crippen molar-refractivity contribution in [1.29, 1.82) is 0 Å². The number of imidazole rings is 1. The van der Waals surface area contributed by atoms with Crippen molar-refractivity contribution in [3.8, 4) is 0 Å². The molecular formula is C13H10N2O2.